The molecule has 0 unspecified atom stereocenters. The molecule has 3 rings (SSSR count). The zero-order valence-corrected chi connectivity index (χ0v) is 15.5. The molecule has 0 spiro atoms. The minimum atomic E-state index is -0.383. The summed E-state index contributed by atoms with van der Waals surface area (Å²) in [4.78, 5) is 12.0. The molecular weight excluding hydrogens is 364 g/mol. The maximum atomic E-state index is 12.0. The lowest BCUT2D eigenvalue weighted by atomic mass is 10.2. The van der Waals surface area contributed by atoms with Crippen LogP contribution in [0, 0.1) is 0 Å². The number of hydrogen-bond acceptors (Lipinski definition) is 7. The zero-order valence-electron chi connectivity index (χ0n) is 15.5. The first kappa shape index (κ1) is 19.0. The van der Waals surface area contributed by atoms with Gasteiger partial charge < -0.3 is 29.3 Å². The summed E-state index contributed by atoms with van der Waals surface area (Å²) in [6.07, 6.45) is 1.57. The number of nitrogens with one attached hydrogen (secondary N) is 2. The molecule has 0 atom stereocenters. The van der Waals surface area contributed by atoms with Crippen LogP contribution in [0.5, 0.6) is 17.4 Å². The molecule has 0 fully saturated rings. The molecule has 0 radical (unpaired) electrons. The summed E-state index contributed by atoms with van der Waals surface area (Å²) in [6, 6.07) is 11.7. The second-order valence-electron chi connectivity index (χ2n) is 5.53. The number of benzene rings is 1. The highest BCUT2D eigenvalue weighted by molar-refractivity contribution is 5.91. The monoisotopic (exact) mass is 384 g/mol. The van der Waals surface area contributed by atoms with Crippen LogP contribution in [0.15, 0.2) is 53.1 Å². The first-order chi connectivity index (χ1) is 13.7. The zero-order chi connectivity index (χ0) is 19.8. The van der Waals surface area contributed by atoms with Gasteiger partial charge in [0.2, 0.25) is 5.88 Å². The molecule has 146 valence electrons. The van der Waals surface area contributed by atoms with E-state index in [0.717, 1.165) is 0 Å². The average Bonchev–Trinajstić information content (AvgIpc) is 3.27. The van der Waals surface area contributed by atoms with Crippen molar-refractivity contribution < 1.29 is 23.4 Å². The molecule has 2 amide bonds. The van der Waals surface area contributed by atoms with Crippen LogP contribution in [-0.4, -0.2) is 43.6 Å². The highest BCUT2D eigenvalue weighted by Gasteiger charge is 2.09. The number of rotatable bonds is 8. The smallest absolute Gasteiger partial charge is 0.319 e. The van der Waals surface area contributed by atoms with Crippen LogP contribution in [0.4, 0.5) is 10.5 Å². The molecule has 0 aliphatic carbocycles. The fourth-order valence-electron chi connectivity index (χ4n) is 2.34. The number of aromatic nitrogens is 2. The fourth-order valence-corrected chi connectivity index (χ4v) is 2.34. The summed E-state index contributed by atoms with van der Waals surface area (Å²) in [5.74, 6) is 2.12. The van der Waals surface area contributed by atoms with E-state index in [4.69, 9.17) is 18.6 Å². The van der Waals surface area contributed by atoms with Gasteiger partial charge in [-0.2, -0.15) is 0 Å². The Bertz CT molecular complexity index is 897. The van der Waals surface area contributed by atoms with E-state index in [2.05, 4.69) is 20.8 Å². The minimum absolute atomic E-state index is 0.238. The Balaban J connectivity index is 1.43. The third kappa shape index (κ3) is 4.91. The van der Waals surface area contributed by atoms with Gasteiger partial charge in [0.25, 0.3) is 0 Å². The van der Waals surface area contributed by atoms with Crippen molar-refractivity contribution in [1.29, 1.82) is 0 Å². The van der Waals surface area contributed by atoms with E-state index in [1.165, 1.54) is 7.11 Å². The average molecular weight is 384 g/mol. The maximum absolute atomic E-state index is 12.0. The molecule has 3 aromatic rings. The molecule has 2 heterocycles. The lowest BCUT2D eigenvalue weighted by Crippen LogP contribution is -2.32. The van der Waals surface area contributed by atoms with Gasteiger partial charge in [0.15, 0.2) is 5.76 Å². The SMILES string of the molecule is COc1ccc(NC(=O)NCCOc2ccc(-c3ccco3)nn2)c(OC)c1. The van der Waals surface area contributed by atoms with Crippen molar-refractivity contribution in [3.8, 4) is 28.8 Å². The highest BCUT2D eigenvalue weighted by Crippen LogP contribution is 2.28. The Morgan fingerprint density at radius 2 is 2.00 bits per heavy atom. The molecule has 0 saturated carbocycles. The summed E-state index contributed by atoms with van der Waals surface area (Å²) in [6.45, 7) is 0.522. The second-order valence-corrected chi connectivity index (χ2v) is 5.53. The van der Waals surface area contributed by atoms with Crippen molar-refractivity contribution in [1.82, 2.24) is 15.5 Å². The number of ether oxygens (including phenoxy) is 3. The standard InChI is InChI=1S/C19H20N4O5/c1-25-13-5-6-14(17(12-13)26-2)21-19(24)20-9-11-28-18-8-7-15(22-23-18)16-4-3-10-27-16/h3-8,10,12H,9,11H2,1-2H3,(H2,20,21,24). The number of hydrogen-bond donors (Lipinski definition) is 2. The van der Waals surface area contributed by atoms with Crippen LogP contribution in [-0.2, 0) is 0 Å². The normalized spacial score (nSPS) is 10.2. The Kier molecular flexibility index (Phi) is 6.29. The molecule has 0 aliphatic rings. The maximum Gasteiger partial charge on any atom is 0.319 e. The van der Waals surface area contributed by atoms with Crippen LogP contribution in [0.1, 0.15) is 0 Å². The third-order valence-electron chi connectivity index (χ3n) is 3.71. The van der Waals surface area contributed by atoms with E-state index in [1.54, 1.807) is 55.8 Å². The highest BCUT2D eigenvalue weighted by atomic mass is 16.5. The van der Waals surface area contributed by atoms with Crippen molar-refractivity contribution in [2.75, 3.05) is 32.7 Å². The number of furan rings is 1. The molecule has 9 heteroatoms. The van der Waals surface area contributed by atoms with Crippen LogP contribution < -0.4 is 24.8 Å². The molecule has 1 aromatic carbocycles. The van der Waals surface area contributed by atoms with Gasteiger partial charge >= 0.3 is 6.03 Å². The first-order valence-corrected chi connectivity index (χ1v) is 8.47. The van der Waals surface area contributed by atoms with Gasteiger partial charge in [-0.1, -0.05) is 0 Å². The number of methoxy groups -OCH3 is 2. The molecule has 0 saturated heterocycles. The van der Waals surface area contributed by atoms with Crippen molar-refractivity contribution in [3.05, 3.63) is 48.7 Å². The largest absolute Gasteiger partial charge is 0.497 e. The summed E-state index contributed by atoms with van der Waals surface area (Å²) < 4.78 is 21.1. The summed E-state index contributed by atoms with van der Waals surface area (Å²) in [5.41, 5.74) is 1.14. The molecule has 0 bridgehead atoms. The predicted octanol–water partition coefficient (Wildman–Crippen LogP) is 2.95. The third-order valence-corrected chi connectivity index (χ3v) is 3.71. The van der Waals surface area contributed by atoms with E-state index in [1.807, 2.05) is 0 Å². The Morgan fingerprint density at radius 3 is 2.68 bits per heavy atom. The van der Waals surface area contributed by atoms with E-state index in [0.29, 0.717) is 34.5 Å². The fraction of sp³-hybridized carbons (Fsp3) is 0.211. The van der Waals surface area contributed by atoms with Gasteiger partial charge in [0.1, 0.15) is 23.8 Å². The topological polar surface area (TPSA) is 108 Å². The van der Waals surface area contributed by atoms with Crippen LogP contribution in [0.2, 0.25) is 0 Å². The Labute approximate surface area is 161 Å². The predicted molar refractivity (Wildman–Crippen MR) is 102 cm³/mol. The van der Waals surface area contributed by atoms with Crippen molar-refractivity contribution in [2.24, 2.45) is 0 Å². The number of urea groups is 1. The van der Waals surface area contributed by atoms with Gasteiger partial charge in [-0.15, -0.1) is 10.2 Å². The summed E-state index contributed by atoms with van der Waals surface area (Å²) in [5, 5.41) is 13.4. The Morgan fingerprint density at radius 1 is 1.11 bits per heavy atom. The van der Waals surface area contributed by atoms with E-state index >= 15 is 0 Å². The number of carbonyl (C=O) groups excluding carboxylic acids is 1. The van der Waals surface area contributed by atoms with E-state index < -0.39 is 0 Å². The molecule has 2 aromatic heterocycles. The quantitative estimate of drug-likeness (QED) is 0.575. The lowest BCUT2D eigenvalue weighted by Gasteiger charge is -2.12. The molecular formula is C19H20N4O5. The minimum Gasteiger partial charge on any atom is -0.497 e. The number of nitrogens with zero attached hydrogens (tertiary/aromatic N) is 2. The van der Waals surface area contributed by atoms with E-state index in [9.17, 15) is 4.79 Å². The summed E-state index contributed by atoms with van der Waals surface area (Å²) in [7, 11) is 3.08. The molecule has 9 nitrogen and oxygen atoms in total. The van der Waals surface area contributed by atoms with Crippen LogP contribution >= 0.6 is 0 Å². The molecule has 2 N–H and O–H groups in total. The van der Waals surface area contributed by atoms with Crippen molar-refractivity contribution >= 4 is 11.7 Å². The number of carbonyl (C=O) groups is 1. The first-order valence-electron chi connectivity index (χ1n) is 8.47. The number of amides is 2. The van der Waals surface area contributed by atoms with Gasteiger partial charge in [0, 0.05) is 12.1 Å². The van der Waals surface area contributed by atoms with Gasteiger partial charge in [-0.3, -0.25) is 0 Å². The molecule has 28 heavy (non-hydrogen) atoms. The van der Waals surface area contributed by atoms with E-state index in [-0.39, 0.29) is 19.2 Å². The van der Waals surface area contributed by atoms with Crippen molar-refractivity contribution in [2.45, 2.75) is 0 Å². The van der Waals surface area contributed by atoms with Crippen LogP contribution in [0.25, 0.3) is 11.5 Å². The van der Waals surface area contributed by atoms with Crippen LogP contribution in [0.3, 0.4) is 0 Å². The van der Waals surface area contributed by atoms with Crippen molar-refractivity contribution in [3.63, 3.8) is 0 Å². The van der Waals surface area contributed by atoms with Gasteiger partial charge in [-0.25, -0.2) is 4.79 Å². The molecule has 0 aliphatic heterocycles. The van der Waals surface area contributed by atoms with Gasteiger partial charge in [-0.05, 0) is 30.3 Å². The summed E-state index contributed by atoms with van der Waals surface area (Å²) >= 11 is 0. The van der Waals surface area contributed by atoms with Gasteiger partial charge in [0.05, 0.1) is 32.7 Å². The second kappa shape index (κ2) is 9.26. The Hall–Kier alpha value is -3.75. The lowest BCUT2D eigenvalue weighted by molar-refractivity contribution is 0.246. The number of anilines is 1.